The first-order valence-corrected chi connectivity index (χ1v) is 7.22. The number of rotatable bonds is 5. The minimum absolute atomic E-state index is 0.212. The molecule has 4 heteroatoms. The zero-order valence-corrected chi connectivity index (χ0v) is 13.1. The monoisotopic (exact) mass is 296 g/mol. The lowest BCUT2D eigenvalue weighted by Gasteiger charge is -2.05. The van der Waals surface area contributed by atoms with Crippen molar-refractivity contribution in [3.05, 3.63) is 65.2 Å². The third-order valence-electron chi connectivity index (χ3n) is 3.46. The number of hydrogen-bond donors (Lipinski definition) is 1. The molecule has 22 heavy (non-hydrogen) atoms. The van der Waals surface area contributed by atoms with Gasteiger partial charge < -0.3 is 4.74 Å². The molecule has 4 nitrogen and oxygen atoms in total. The number of amides is 1. The van der Waals surface area contributed by atoms with Crippen LogP contribution in [0.5, 0.6) is 5.75 Å². The number of nitrogens with zero attached hydrogens (tertiary/aromatic N) is 1. The van der Waals surface area contributed by atoms with Crippen molar-refractivity contribution >= 4 is 11.6 Å². The van der Waals surface area contributed by atoms with E-state index in [9.17, 15) is 4.79 Å². The molecular weight excluding hydrogens is 276 g/mol. The summed E-state index contributed by atoms with van der Waals surface area (Å²) in [6.45, 7) is 3.93. The van der Waals surface area contributed by atoms with E-state index in [0.717, 1.165) is 23.4 Å². The van der Waals surface area contributed by atoms with E-state index in [2.05, 4.69) is 17.5 Å². The molecule has 0 radical (unpaired) electrons. The van der Waals surface area contributed by atoms with E-state index in [1.807, 2.05) is 55.5 Å². The molecule has 0 saturated carbocycles. The largest absolute Gasteiger partial charge is 0.497 e. The standard InChI is InChI=1S/C18H20N2O2/c1-4-14-5-7-16(8-6-14)18(21)20-19-13(2)15-9-11-17(22-3)12-10-15/h5-12H,4H2,1-3H3,(H,20,21)/b19-13-. The van der Waals surface area contributed by atoms with E-state index in [-0.39, 0.29) is 5.91 Å². The fourth-order valence-corrected chi connectivity index (χ4v) is 1.99. The molecule has 0 aromatic heterocycles. The van der Waals surface area contributed by atoms with Crippen LogP contribution >= 0.6 is 0 Å². The normalized spacial score (nSPS) is 11.1. The average Bonchev–Trinajstić information content (AvgIpc) is 2.59. The highest BCUT2D eigenvalue weighted by Crippen LogP contribution is 2.12. The fourth-order valence-electron chi connectivity index (χ4n) is 1.99. The van der Waals surface area contributed by atoms with Crippen LogP contribution in [0.15, 0.2) is 53.6 Å². The first kappa shape index (κ1) is 15.8. The number of carbonyl (C=O) groups is 1. The molecule has 1 amide bonds. The summed E-state index contributed by atoms with van der Waals surface area (Å²) in [5, 5.41) is 4.15. The van der Waals surface area contributed by atoms with Crippen molar-refractivity contribution in [2.24, 2.45) is 5.10 Å². The molecule has 114 valence electrons. The molecule has 0 heterocycles. The summed E-state index contributed by atoms with van der Waals surface area (Å²) in [5.41, 5.74) is 6.05. The highest BCUT2D eigenvalue weighted by atomic mass is 16.5. The third-order valence-corrected chi connectivity index (χ3v) is 3.46. The molecule has 0 fully saturated rings. The number of benzene rings is 2. The molecule has 0 saturated heterocycles. The molecule has 0 aliphatic carbocycles. The lowest BCUT2D eigenvalue weighted by molar-refractivity contribution is 0.0955. The van der Waals surface area contributed by atoms with Crippen LogP contribution in [0.25, 0.3) is 0 Å². The van der Waals surface area contributed by atoms with Crippen molar-refractivity contribution in [3.63, 3.8) is 0 Å². The maximum atomic E-state index is 12.0. The van der Waals surface area contributed by atoms with Gasteiger partial charge in [-0.1, -0.05) is 19.1 Å². The SMILES string of the molecule is CCc1ccc(C(=O)N/N=C(/C)c2ccc(OC)cc2)cc1. The maximum Gasteiger partial charge on any atom is 0.271 e. The van der Waals surface area contributed by atoms with Crippen LogP contribution in [0.1, 0.15) is 35.3 Å². The minimum atomic E-state index is -0.212. The topological polar surface area (TPSA) is 50.7 Å². The van der Waals surface area contributed by atoms with Gasteiger partial charge >= 0.3 is 0 Å². The summed E-state index contributed by atoms with van der Waals surface area (Å²) in [4.78, 5) is 12.0. The van der Waals surface area contributed by atoms with Gasteiger partial charge in [0.2, 0.25) is 0 Å². The van der Waals surface area contributed by atoms with Gasteiger partial charge in [0.15, 0.2) is 0 Å². The van der Waals surface area contributed by atoms with Crippen molar-refractivity contribution in [2.75, 3.05) is 7.11 Å². The predicted molar refractivity (Wildman–Crippen MR) is 88.5 cm³/mol. The van der Waals surface area contributed by atoms with E-state index >= 15 is 0 Å². The Morgan fingerprint density at radius 3 is 2.18 bits per heavy atom. The zero-order chi connectivity index (χ0) is 15.9. The number of carbonyl (C=O) groups excluding carboxylic acids is 1. The van der Waals surface area contributed by atoms with Crippen LogP contribution in [0, 0.1) is 0 Å². The summed E-state index contributed by atoms with van der Waals surface area (Å²) in [6.07, 6.45) is 0.955. The van der Waals surface area contributed by atoms with Crippen LogP contribution < -0.4 is 10.2 Å². The summed E-state index contributed by atoms with van der Waals surface area (Å²) in [5.74, 6) is 0.576. The van der Waals surface area contributed by atoms with E-state index in [4.69, 9.17) is 4.74 Å². The van der Waals surface area contributed by atoms with Gasteiger partial charge in [-0.05, 0) is 60.9 Å². The van der Waals surface area contributed by atoms with E-state index in [1.165, 1.54) is 5.56 Å². The molecule has 0 aliphatic rings. The molecule has 2 aromatic carbocycles. The van der Waals surface area contributed by atoms with Gasteiger partial charge in [-0.15, -0.1) is 0 Å². The lowest BCUT2D eigenvalue weighted by atomic mass is 10.1. The zero-order valence-electron chi connectivity index (χ0n) is 13.1. The molecule has 0 atom stereocenters. The molecule has 0 unspecified atom stereocenters. The smallest absolute Gasteiger partial charge is 0.271 e. The van der Waals surface area contributed by atoms with Gasteiger partial charge in [0.1, 0.15) is 5.75 Å². The Morgan fingerprint density at radius 2 is 1.64 bits per heavy atom. The quantitative estimate of drug-likeness (QED) is 0.679. The van der Waals surface area contributed by atoms with Crippen molar-refractivity contribution in [3.8, 4) is 5.75 Å². The summed E-state index contributed by atoms with van der Waals surface area (Å²) >= 11 is 0. The lowest BCUT2D eigenvalue weighted by Crippen LogP contribution is -2.19. The van der Waals surface area contributed by atoms with Gasteiger partial charge in [0, 0.05) is 5.56 Å². The van der Waals surface area contributed by atoms with Crippen LogP contribution in [0.3, 0.4) is 0 Å². The molecular formula is C18H20N2O2. The Morgan fingerprint density at radius 1 is 1.05 bits per heavy atom. The number of methoxy groups -OCH3 is 1. The minimum Gasteiger partial charge on any atom is -0.497 e. The molecule has 2 aromatic rings. The van der Waals surface area contributed by atoms with Gasteiger partial charge in [-0.25, -0.2) is 5.43 Å². The van der Waals surface area contributed by atoms with E-state index < -0.39 is 0 Å². The fraction of sp³-hybridized carbons (Fsp3) is 0.222. The molecule has 2 rings (SSSR count). The first-order chi connectivity index (χ1) is 10.6. The number of aryl methyl sites for hydroxylation is 1. The van der Waals surface area contributed by atoms with Crippen molar-refractivity contribution < 1.29 is 9.53 Å². The van der Waals surface area contributed by atoms with E-state index in [0.29, 0.717) is 5.56 Å². The molecule has 0 aliphatic heterocycles. The number of hydrazone groups is 1. The van der Waals surface area contributed by atoms with Gasteiger partial charge in [0.25, 0.3) is 5.91 Å². The predicted octanol–water partition coefficient (Wildman–Crippen LogP) is 3.41. The third kappa shape index (κ3) is 3.95. The van der Waals surface area contributed by atoms with Gasteiger partial charge in [0.05, 0.1) is 12.8 Å². The maximum absolute atomic E-state index is 12.0. The van der Waals surface area contributed by atoms with Crippen molar-refractivity contribution in [2.45, 2.75) is 20.3 Å². The first-order valence-electron chi connectivity index (χ1n) is 7.22. The van der Waals surface area contributed by atoms with Crippen molar-refractivity contribution in [1.82, 2.24) is 5.43 Å². The summed E-state index contributed by atoms with van der Waals surface area (Å²) in [6, 6.07) is 15.1. The van der Waals surface area contributed by atoms with Crippen molar-refractivity contribution in [1.29, 1.82) is 0 Å². The van der Waals surface area contributed by atoms with Crippen LogP contribution in [0.4, 0.5) is 0 Å². The highest BCUT2D eigenvalue weighted by molar-refractivity contribution is 6.00. The Balaban J connectivity index is 2.03. The average molecular weight is 296 g/mol. The van der Waals surface area contributed by atoms with E-state index in [1.54, 1.807) is 7.11 Å². The summed E-state index contributed by atoms with van der Waals surface area (Å²) in [7, 11) is 1.62. The highest BCUT2D eigenvalue weighted by Gasteiger charge is 2.05. The Kier molecular flexibility index (Phi) is 5.31. The molecule has 1 N–H and O–H groups in total. The Labute approximate surface area is 130 Å². The van der Waals surface area contributed by atoms with Crippen LogP contribution in [-0.2, 0) is 6.42 Å². The Bertz CT molecular complexity index is 658. The second-order valence-electron chi connectivity index (χ2n) is 4.92. The molecule has 0 spiro atoms. The Hall–Kier alpha value is -2.62. The second kappa shape index (κ2) is 7.41. The molecule has 0 bridgehead atoms. The number of hydrogen-bond acceptors (Lipinski definition) is 3. The number of ether oxygens (including phenoxy) is 1. The van der Waals surface area contributed by atoms with Gasteiger partial charge in [-0.3, -0.25) is 4.79 Å². The van der Waals surface area contributed by atoms with Crippen LogP contribution in [-0.4, -0.2) is 18.7 Å². The second-order valence-corrected chi connectivity index (χ2v) is 4.92. The number of nitrogens with one attached hydrogen (secondary N) is 1. The van der Waals surface area contributed by atoms with Crippen LogP contribution in [0.2, 0.25) is 0 Å². The van der Waals surface area contributed by atoms with Gasteiger partial charge in [-0.2, -0.15) is 5.10 Å². The summed E-state index contributed by atoms with van der Waals surface area (Å²) < 4.78 is 5.11.